The van der Waals surface area contributed by atoms with Crippen LogP contribution in [0.3, 0.4) is 0 Å². The maximum absolute atomic E-state index is 12.7. The summed E-state index contributed by atoms with van der Waals surface area (Å²) in [5, 5.41) is 6.84. The fraction of sp³-hybridized carbons (Fsp3) is 0.222. The third-order valence-corrected chi connectivity index (χ3v) is 5.31. The molecule has 1 aliphatic heterocycles. The van der Waals surface area contributed by atoms with Crippen LogP contribution < -0.4 is 20.1 Å². The highest BCUT2D eigenvalue weighted by Crippen LogP contribution is 2.25. The van der Waals surface area contributed by atoms with Gasteiger partial charge in [0.15, 0.2) is 6.04 Å². The number of primary sulfonamides is 1. The highest BCUT2D eigenvalue weighted by molar-refractivity contribution is 7.89. The number of ether oxygens (including phenoxy) is 1. The molecule has 0 saturated carbocycles. The zero-order valence-electron chi connectivity index (χ0n) is 14.7. The Morgan fingerprint density at radius 2 is 1.89 bits per heavy atom. The Morgan fingerprint density at radius 3 is 2.52 bits per heavy atom. The molecule has 1 heterocycles. The van der Waals surface area contributed by atoms with E-state index in [2.05, 4.69) is 0 Å². The first-order chi connectivity index (χ1) is 12.8. The summed E-state index contributed by atoms with van der Waals surface area (Å²) in [5.41, 5.74) is 1.31. The molecule has 2 aromatic carbocycles. The lowest BCUT2D eigenvalue weighted by molar-refractivity contribution is -0.690. The number of anilines is 1. The summed E-state index contributed by atoms with van der Waals surface area (Å²) in [6.07, 6.45) is 0.102. The van der Waals surface area contributed by atoms with Crippen LogP contribution in [0, 0.1) is 0 Å². The van der Waals surface area contributed by atoms with Crippen molar-refractivity contribution in [1.82, 2.24) is 0 Å². The number of benzene rings is 2. The third-order valence-electron chi connectivity index (χ3n) is 4.38. The number of amides is 2. The molecule has 142 valence electrons. The van der Waals surface area contributed by atoms with Gasteiger partial charge in [-0.1, -0.05) is 18.2 Å². The average molecular weight is 390 g/mol. The van der Waals surface area contributed by atoms with Crippen LogP contribution in [0.1, 0.15) is 12.0 Å². The molecule has 0 bridgehead atoms. The molecule has 0 spiro atoms. The number of sulfonamides is 1. The smallest absolute Gasteiger partial charge is 0.292 e. The minimum atomic E-state index is -3.74. The van der Waals surface area contributed by atoms with Crippen LogP contribution in [0.15, 0.2) is 53.4 Å². The van der Waals surface area contributed by atoms with Gasteiger partial charge in [0, 0.05) is 11.6 Å². The van der Waals surface area contributed by atoms with Gasteiger partial charge in [0.25, 0.3) is 5.91 Å². The molecule has 0 radical (unpaired) electrons. The third kappa shape index (κ3) is 4.16. The molecule has 2 aromatic rings. The number of nitrogens with two attached hydrogens (primary N) is 2. The minimum Gasteiger partial charge on any atom is -0.497 e. The summed E-state index contributed by atoms with van der Waals surface area (Å²) >= 11 is 0. The zero-order chi connectivity index (χ0) is 19.6. The fourth-order valence-corrected chi connectivity index (χ4v) is 3.47. The van der Waals surface area contributed by atoms with Crippen LogP contribution in [0.5, 0.6) is 5.75 Å². The van der Waals surface area contributed by atoms with Gasteiger partial charge >= 0.3 is 0 Å². The minimum absolute atomic E-state index is 0.0302. The first-order valence-electron chi connectivity index (χ1n) is 8.25. The average Bonchev–Trinajstić information content (AvgIpc) is 2.93. The van der Waals surface area contributed by atoms with Crippen molar-refractivity contribution in [1.29, 1.82) is 0 Å². The second-order valence-corrected chi connectivity index (χ2v) is 7.77. The molecule has 8 nitrogen and oxygen atoms in total. The Morgan fingerprint density at radius 1 is 1.19 bits per heavy atom. The van der Waals surface area contributed by atoms with Crippen molar-refractivity contribution in [2.75, 3.05) is 12.0 Å². The van der Waals surface area contributed by atoms with Crippen LogP contribution in [-0.4, -0.2) is 33.4 Å². The van der Waals surface area contributed by atoms with E-state index in [9.17, 15) is 18.0 Å². The van der Waals surface area contributed by atoms with Crippen molar-refractivity contribution >= 4 is 27.5 Å². The monoisotopic (exact) mass is 390 g/mol. The van der Waals surface area contributed by atoms with E-state index >= 15 is 0 Å². The molecule has 3 rings (SSSR count). The van der Waals surface area contributed by atoms with E-state index in [1.165, 1.54) is 24.1 Å². The van der Waals surface area contributed by atoms with Gasteiger partial charge in [-0.05, 0) is 24.3 Å². The largest absolute Gasteiger partial charge is 0.497 e. The van der Waals surface area contributed by atoms with Crippen LogP contribution >= 0.6 is 0 Å². The van der Waals surface area contributed by atoms with Crippen LogP contribution in [0.2, 0.25) is 0 Å². The Hall–Kier alpha value is -2.75. The number of quaternary nitrogens is 1. The van der Waals surface area contributed by atoms with Crippen LogP contribution in [0.25, 0.3) is 0 Å². The second kappa shape index (κ2) is 7.47. The van der Waals surface area contributed by atoms with Crippen molar-refractivity contribution in [3.63, 3.8) is 0 Å². The highest BCUT2D eigenvalue weighted by Gasteiger charge is 2.42. The number of carbonyl (C=O) groups excluding carboxylic acids is 2. The topological polar surface area (TPSA) is 123 Å². The lowest BCUT2D eigenvalue weighted by Crippen LogP contribution is -2.90. The molecule has 1 atom stereocenters. The fourth-order valence-electron chi connectivity index (χ4n) is 2.95. The van der Waals surface area contributed by atoms with E-state index in [1.807, 2.05) is 0 Å². The first-order valence-corrected chi connectivity index (χ1v) is 9.80. The lowest BCUT2D eigenvalue weighted by atomic mass is 10.2. The Balaban J connectivity index is 1.68. The van der Waals surface area contributed by atoms with Crippen LogP contribution in [0.4, 0.5) is 5.69 Å². The molecule has 9 heteroatoms. The van der Waals surface area contributed by atoms with Crippen LogP contribution in [-0.2, 0) is 26.2 Å². The van der Waals surface area contributed by atoms with Gasteiger partial charge in [0.2, 0.25) is 15.9 Å². The Kier molecular flexibility index (Phi) is 5.26. The number of rotatable bonds is 6. The molecule has 1 fully saturated rings. The normalized spacial score (nSPS) is 17.4. The SMILES string of the molecule is COc1cccc(N2C(=O)CC([NH2+]Cc3ccc(S(N)(=O)=O)cc3)C2=O)c1. The molecule has 27 heavy (non-hydrogen) atoms. The molecule has 4 N–H and O–H groups in total. The molecule has 2 amide bonds. The van der Waals surface area contributed by atoms with E-state index in [4.69, 9.17) is 9.88 Å². The lowest BCUT2D eigenvalue weighted by Gasteiger charge is -2.15. The van der Waals surface area contributed by atoms with E-state index in [1.54, 1.807) is 41.7 Å². The van der Waals surface area contributed by atoms with E-state index in [0.717, 1.165) is 5.56 Å². The highest BCUT2D eigenvalue weighted by atomic mass is 32.2. The predicted molar refractivity (Wildman–Crippen MR) is 97.3 cm³/mol. The standard InChI is InChI=1S/C18H19N3O5S/c1-26-14-4-2-3-13(9-14)21-17(22)10-16(18(21)23)20-11-12-5-7-15(8-6-12)27(19,24)25/h2-9,16,20H,10-11H2,1H3,(H2,19,24,25)/p+1. The van der Waals surface area contributed by atoms with Crippen molar-refractivity contribution in [3.8, 4) is 5.75 Å². The second-order valence-electron chi connectivity index (χ2n) is 6.21. The Bertz CT molecular complexity index is 973. The number of hydrogen-bond acceptors (Lipinski definition) is 5. The maximum Gasteiger partial charge on any atom is 0.292 e. The maximum atomic E-state index is 12.7. The predicted octanol–water partition coefficient (Wildman–Crippen LogP) is -0.262. The van der Waals surface area contributed by atoms with Crippen molar-refractivity contribution in [2.45, 2.75) is 23.9 Å². The molecule has 1 unspecified atom stereocenters. The molecule has 0 aliphatic carbocycles. The number of nitrogens with zero attached hydrogens (tertiary/aromatic N) is 1. The van der Waals surface area contributed by atoms with Gasteiger partial charge in [-0.3, -0.25) is 9.59 Å². The van der Waals surface area contributed by atoms with Crippen molar-refractivity contribution in [2.24, 2.45) is 5.14 Å². The number of carbonyl (C=O) groups is 2. The van der Waals surface area contributed by atoms with Gasteiger partial charge in [-0.25, -0.2) is 18.5 Å². The van der Waals surface area contributed by atoms with E-state index < -0.39 is 16.1 Å². The van der Waals surface area contributed by atoms with Gasteiger partial charge in [0.05, 0.1) is 24.1 Å². The summed E-state index contributed by atoms with van der Waals surface area (Å²) in [4.78, 5) is 26.2. The summed E-state index contributed by atoms with van der Waals surface area (Å²) in [6, 6.07) is 12.4. The van der Waals surface area contributed by atoms with Crippen molar-refractivity contribution < 1.29 is 28.1 Å². The van der Waals surface area contributed by atoms with Gasteiger partial charge in [-0.2, -0.15) is 0 Å². The molecular formula is C18H20N3O5S+. The summed E-state index contributed by atoms with van der Waals surface area (Å²) in [5.74, 6) is 0.0176. The Labute approximate surface area is 157 Å². The quantitative estimate of drug-likeness (QED) is 0.658. The number of imide groups is 1. The van der Waals surface area contributed by atoms with E-state index in [-0.39, 0.29) is 23.1 Å². The number of methoxy groups -OCH3 is 1. The molecule has 1 saturated heterocycles. The molecule has 0 aromatic heterocycles. The first kappa shape index (κ1) is 19.0. The van der Waals surface area contributed by atoms with Crippen molar-refractivity contribution in [3.05, 3.63) is 54.1 Å². The van der Waals surface area contributed by atoms with E-state index in [0.29, 0.717) is 18.0 Å². The summed E-state index contributed by atoms with van der Waals surface area (Å²) < 4.78 is 27.7. The number of hydrogen-bond donors (Lipinski definition) is 2. The van der Waals surface area contributed by atoms with Gasteiger partial charge < -0.3 is 10.1 Å². The van der Waals surface area contributed by atoms with Gasteiger partial charge in [-0.15, -0.1) is 0 Å². The summed E-state index contributed by atoms with van der Waals surface area (Å²) in [6.45, 7) is 0.431. The molecule has 1 aliphatic rings. The molecular weight excluding hydrogens is 370 g/mol. The summed E-state index contributed by atoms with van der Waals surface area (Å²) in [7, 11) is -2.22. The zero-order valence-corrected chi connectivity index (χ0v) is 15.5. The van der Waals surface area contributed by atoms with Gasteiger partial charge in [0.1, 0.15) is 12.3 Å².